The molecule has 0 radical (unpaired) electrons. The van der Waals surface area contributed by atoms with Crippen LogP contribution >= 0.6 is 11.8 Å². The molecule has 1 aliphatic rings. The van der Waals surface area contributed by atoms with Crippen molar-refractivity contribution in [1.29, 1.82) is 0 Å². The van der Waals surface area contributed by atoms with E-state index in [2.05, 4.69) is 17.0 Å². The summed E-state index contributed by atoms with van der Waals surface area (Å²) in [4.78, 5) is 2.43. The molecule has 0 aromatic heterocycles. The van der Waals surface area contributed by atoms with Gasteiger partial charge < -0.3 is 9.64 Å². The topological polar surface area (TPSA) is 12.5 Å². The molecule has 1 aromatic carbocycles. The number of rotatable bonds is 2. The highest BCUT2D eigenvalue weighted by Gasteiger charge is 2.10. The molecule has 0 spiro atoms. The predicted octanol–water partition coefficient (Wildman–Crippen LogP) is 2.25. The first-order valence-electron chi connectivity index (χ1n) is 4.87. The molecule has 2 rings (SSSR count). The minimum absolute atomic E-state index is 0.931. The molecule has 0 unspecified atom stereocenters. The summed E-state index contributed by atoms with van der Waals surface area (Å²) in [5, 5.41) is 0. The number of methoxy groups -OCH3 is 1. The molecule has 0 saturated carbocycles. The summed E-state index contributed by atoms with van der Waals surface area (Å²) in [6, 6.07) is 8.32. The van der Waals surface area contributed by atoms with Crippen LogP contribution in [0.15, 0.2) is 24.3 Å². The lowest BCUT2D eigenvalue weighted by atomic mass is 10.2. The number of thioether (sulfide) groups is 1. The molecular weight excluding hydrogens is 194 g/mol. The fraction of sp³-hybridized carbons (Fsp3) is 0.455. The molecule has 2 nitrogen and oxygen atoms in total. The molecule has 1 heterocycles. The Morgan fingerprint density at radius 2 is 1.79 bits per heavy atom. The summed E-state index contributed by atoms with van der Waals surface area (Å²) in [5.41, 5.74) is 1.31. The summed E-state index contributed by atoms with van der Waals surface area (Å²) >= 11 is 2.03. The van der Waals surface area contributed by atoms with Gasteiger partial charge in [0.25, 0.3) is 0 Å². The van der Waals surface area contributed by atoms with Crippen LogP contribution in [0.5, 0.6) is 5.75 Å². The third kappa shape index (κ3) is 2.15. The van der Waals surface area contributed by atoms with Crippen molar-refractivity contribution in [3.05, 3.63) is 24.3 Å². The number of anilines is 1. The van der Waals surface area contributed by atoms with E-state index in [0.29, 0.717) is 0 Å². The van der Waals surface area contributed by atoms with Gasteiger partial charge in [-0.25, -0.2) is 0 Å². The Kier molecular flexibility index (Phi) is 3.19. The summed E-state index contributed by atoms with van der Waals surface area (Å²) in [7, 11) is 1.70. The van der Waals surface area contributed by atoms with E-state index in [0.717, 1.165) is 18.8 Å². The molecule has 76 valence electrons. The Bertz CT molecular complexity index is 280. The van der Waals surface area contributed by atoms with Gasteiger partial charge in [-0.1, -0.05) is 0 Å². The Morgan fingerprint density at radius 3 is 2.36 bits per heavy atom. The van der Waals surface area contributed by atoms with Gasteiger partial charge in [-0.2, -0.15) is 11.8 Å². The summed E-state index contributed by atoms with van der Waals surface area (Å²) in [5.74, 6) is 3.41. The largest absolute Gasteiger partial charge is 0.497 e. The van der Waals surface area contributed by atoms with Crippen molar-refractivity contribution in [1.82, 2.24) is 0 Å². The minimum Gasteiger partial charge on any atom is -0.497 e. The molecule has 0 aliphatic carbocycles. The van der Waals surface area contributed by atoms with Gasteiger partial charge in [0, 0.05) is 30.3 Å². The Balaban J connectivity index is 2.07. The molecule has 0 amide bonds. The van der Waals surface area contributed by atoms with Crippen LogP contribution in [0, 0.1) is 0 Å². The molecule has 0 N–H and O–H groups in total. The fourth-order valence-corrected chi connectivity index (χ4v) is 2.52. The molecule has 0 atom stereocenters. The van der Waals surface area contributed by atoms with E-state index >= 15 is 0 Å². The lowest BCUT2D eigenvalue weighted by Crippen LogP contribution is -2.32. The lowest BCUT2D eigenvalue weighted by molar-refractivity contribution is 0.415. The number of hydrogen-bond acceptors (Lipinski definition) is 3. The van der Waals surface area contributed by atoms with Crippen LogP contribution < -0.4 is 9.64 Å². The third-order valence-electron chi connectivity index (χ3n) is 2.45. The average molecular weight is 209 g/mol. The fourth-order valence-electron chi connectivity index (χ4n) is 1.61. The molecule has 1 fully saturated rings. The molecule has 1 aromatic rings. The summed E-state index contributed by atoms with van der Waals surface area (Å²) in [6.45, 7) is 2.33. The number of nitrogens with zero attached hydrogens (tertiary/aromatic N) is 1. The number of hydrogen-bond donors (Lipinski definition) is 0. The van der Waals surface area contributed by atoms with Gasteiger partial charge in [0.1, 0.15) is 5.75 Å². The number of benzene rings is 1. The second-order valence-electron chi connectivity index (χ2n) is 3.30. The summed E-state index contributed by atoms with van der Waals surface area (Å²) in [6.07, 6.45) is 0. The highest BCUT2D eigenvalue weighted by Crippen LogP contribution is 2.21. The van der Waals surface area contributed by atoms with Gasteiger partial charge in [0.05, 0.1) is 7.11 Å². The summed E-state index contributed by atoms with van der Waals surface area (Å²) < 4.78 is 5.13. The van der Waals surface area contributed by atoms with Crippen LogP contribution in [0.25, 0.3) is 0 Å². The van der Waals surface area contributed by atoms with Crippen LogP contribution in [0.3, 0.4) is 0 Å². The van der Waals surface area contributed by atoms with E-state index in [1.807, 2.05) is 23.9 Å². The first-order chi connectivity index (χ1) is 6.90. The van der Waals surface area contributed by atoms with E-state index in [1.54, 1.807) is 7.11 Å². The second kappa shape index (κ2) is 4.60. The smallest absolute Gasteiger partial charge is 0.119 e. The highest BCUT2D eigenvalue weighted by atomic mass is 32.2. The minimum atomic E-state index is 0.931. The van der Waals surface area contributed by atoms with Crippen LogP contribution in [0.1, 0.15) is 0 Å². The molecular formula is C11H15NOS. The van der Waals surface area contributed by atoms with Crippen LogP contribution in [-0.4, -0.2) is 31.7 Å². The maximum atomic E-state index is 5.13. The quantitative estimate of drug-likeness (QED) is 0.741. The molecule has 1 aliphatic heterocycles. The predicted molar refractivity (Wildman–Crippen MR) is 62.5 cm³/mol. The lowest BCUT2D eigenvalue weighted by Gasteiger charge is -2.28. The standard InChI is InChI=1S/C11H15NOS/c1-13-11-4-2-10(3-5-11)12-6-8-14-9-7-12/h2-5H,6-9H2,1H3. The van der Waals surface area contributed by atoms with Gasteiger partial charge in [-0.15, -0.1) is 0 Å². The van der Waals surface area contributed by atoms with Crippen molar-refractivity contribution in [2.45, 2.75) is 0 Å². The monoisotopic (exact) mass is 209 g/mol. The maximum absolute atomic E-state index is 5.13. The number of ether oxygens (including phenoxy) is 1. The zero-order valence-electron chi connectivity index (χ0n) is 8.40. The van der Waals surface area contributed by atoms with E-state index < -0.39 is 0 Å². The van der Waals surface area contributed by atoms with Crippen molar-refractivity contribution >= 4 is 17.4 Å². The maximum Gasteiger partial charge on any atom is 0.119 e. The Hall–Kier alpha value is -0.830. The zero-order valence-corrected chi connectivity index (χ0v) is 9.22. The van der Waals surface area contributed by atoms with Crippen LogP contribution in [-0.2, 0) is 0 Å². The second-order valence-corrected chi connectivity index (χ2v) is 4.52. The Labute approximate surface area is 89.2 Å². The zero-order chi connectivity index (χ0) is 9.80. The normalized spacial score (nSPS) is 16.8. The first kappa shape index (κ1) is 9.71. The van der Waals surface area contributed by atoms with Crippen LogP contribution in [0.4, 0.5) is 5.69 Å². The first-order valence-corrected chi connectivity index (χ1v) is 6.02. The van der Waals surface area contributed by atoms with Gasteiger partial charge in [-0.05, 0) is 24.3 Å². The molecule has 1 saturated heterocycles. The van der Waals surface area contributed by atoms with Gasteiger partial charge in [0.15, 0.2) is 0 Å². The van der Waals surface area contributed by atoms with Crippen molar-refractivity contribution in [2.75, 3.05) is 36.6 Å². The van der Waals surface area contributed by atoms with E-state index in [9.17, 15) is 0 Å². The third-order valence-corrected chi connectivity index (χ3v) is 3.39. The van der Waals surface area contributed by atoms with E-state index in [1.165, 1.54) is 17.2 Å². The van der Waals surface area contributed by atoms with Gasteiger partial charge in [0.2, 0.25) is 0 Å². The Morgan fingerprint density at radius 1 is 1.14 bits per heavy atom. The highest BCUT2D eigenvalue weighted by molar-refractivity contribution is 7.99. The van der Waals surface area contributed by atoms with Gasteiger partial charge >= 0.3 is 0 Å². The van der Waals surface area contributed by atoms with E-state index in [-0.39, 0.29) is 0 Å². The SMILES string of the molecule is COc1ccc(N2CCSCC2)cc1. The molecule has 0 bridgehead atoms. The van der Waals surface area contributed by atoms with Gasteiger partial charge in [-0.3, -0.25) is 0 Å². The van der Waals surface area contributed by atoms with Crippen molar-refractivity contribution in [2.24, 2.45) is 0 Å². The van der Waals surface area contributed by atoms with E-state index in [4.69, 9.17) is 4.74 Å². The molecule has 3 heteroatoms. The van der Waals surface area contributed by atoms with Crippen molar-refractivity contribution in [3.63, 3.8) is 0 Å². The van der Waals surface area contributed by atoms with Crippen molar-refractivity contribution < 1.29 is 4.74 Å². The van der Waals surface area contributed by atoms with Crippen LogP contribution in [0.2, 0.25) is 0 Å². The molecule has 14 heavy (non-hydrogen) atoms. The van der Waals surface area contributed by atoms with Crippen molar-refractivity contribution in [3.8, 4) is 5.75 Å². The average Bonchev–Trinajstić information content (AvgIpc) is 2.30.